The molecule has 0 unspecified atom stereocenters. The molecule has 7 heteroatoms. The van der Waals surface area contributed by atoms with Gasteiger partial charge in [-0.3, -0.25) is 4.79 Å². The molecular weight excluding hydrogens is 250 g/mol. The van der Waals surface area contributed by atoms with Crippen LogP contribution in [-0.2, 0) is 9.59 Å². The number of nitrogens with zero attached hydrogens (tertiary/aromatic N) is 1. The van der Waals surface area contributed by atoms with E-state index in [-0.39, 0.29) is 12.8 Å². The van der Waals surface area contributed by atoms with E-state index in [9.17, 15) is 14.4 Å². The number of carbonyl (C=O) groups is 3. The lowest BCUT2D eigenvalue weighted by molar-refractivity contribution is -0.139. The predicted octanol–water partition coefficient (Wildman–Crippen LogP) is 0.313. The third-order valence-electron chi connectivity index (χ3n) is 2.40. The summed E-state index contributed by atoms with van der Waals surface area (Å²) in [6, 6.07) is -1.62. The van der Waals surface area contributed by atoms with Gasteiger partial charge in [0.15, 0.2) is 0 Å². The van der Waals surface area contributed by atoms with Crippen LogP contribution in [0.4, 0.5) is 4.79 Å². The number of carboxylic acids is 1. The summed E-state index contributed by atoms with van der Waals surface area (Å²) in [7, 11) is 0. The Balaban J connectivity index is 4.55. The quantitative estimate of drug-likeness (QED) is 0.551. The van der Waals surface area contributed by atoms with E-state index in [4.69, 9.17) is 10.8 Å². The molecule has 0 aromatic heterocycles. The highest BCUT2D eigenvalue weighted by Crippen LogP contribution is 2.01. The summed E-state index contributed by atoms with van der Waals surface area (Å²) in [6.07, 6.45) is -0.120. The van der Waals surface area contributed by atoms with Crippen LogP contribution in [0.3, 0.4) is 0 Å². The molecule has 0 aliphatic heterocycles. The van der Waals surface area contributed by atoms with Crippen molar-refractivity contribution >= 4 is 17.9 Å². The number of hydrogen-bond donors (Lipinski definition) is 3. The number of hydrogen-bond acceptors (Lipinski definition) is 3. The molecule has 0 aliphatic rings. The summed E-state index contributed by atoms with van der Waals surface area (Å²) in [5.74, 6) is -1.80. The first-order valence-corrected chi connectivity index (χ1v) is 5.98. The monoisotopic (exact) mass is 271 g/mol. The van der Waals surface area contributed by atoms with Crippen molar-refractivity contribution in [1.82, 2.24) is 10.2 Å². The van der Waals surface area contributed by atoms with Gasteiger partial charge in [0.1, 0.15) is 6.04 Å². The second-order valence-electron chi connectivity index (χ2n) is 4.32. The highest BCUT2D eigenvalue weighted by molar-refractivity contribution is 5.83. The van der Waals surface area contributed by atoms with Gasteiger partial charge in [0.2, 0.25) is 5.91 Å². The summed E-state index contributed by atoms with van der Waals surface area (Å²) in [5.41, 5.74) is 5.75. The van der Waals surface area contributed by atoms with Crippen molar-refractivity contribution in [3.8, 4) is 0 Å². The van der Waals surface area contributed by atoms with Crippen molar-refractivity contribution in [2.75, 3.05) is 13.1 Å². The van der Waals surface area contributed by atoms with E-state index in [2.05, 4.69) is 11.9 Å². The molecule has 0 rings (SSSR count). The Morgan fingerprint density at radius 2 is 2.00 bits per heavy atom. The Bertz CT molecular complexity index is 368. The zero-order valence-corrected chi connectivity index (χ0v) is 11.3. The second kappa shape index (κ2) is 8.12. The zero-order valence-electron chi connectivity index (χ0n) is 11.3. The highest BCUT2D eigenvalue weighted by Gasteiger charge is 2.22. The lowest BCUT2D eigenvalue weighted by Crippen LogP contribution is -2.48. The van der Waals surface area contributed by atoms with E-state index in [1.807, 2.05) is 0 Å². The minimum absolute atomic E-state index is 0.0268. The molecule has 108 valence electrons. The number of amides is 3. The van der Waals surface area contributed by atoms with Crippen molar-refractivity contribution in [2.24, 2.45) is 5.73 Å². The van der Waals surface area contributed by atoms with Crippen molar-refractivity contribution in [2.45, 2.75) is 32.7 Å². The molecule has 0 saturated heterocycles. The maximum atomic E-state index is 11.9. The lowest BCUT2D eigenvalue weighted by Gasteiger charge is -2.23. The van der Waals surface area contributed by atoms with Crippen LogP contribution in [0.25, 0.3) is 0 Å². The molecule has 0 aromatic carbocycles. The SMILES string of the molecule is C=C(C)CN(CC)C(=O)N[C@H](CCC(N)=O)C(=O)O. The summed E-state index contributed by atoms with van der Waals surface area (Å²) >= 11 is 0. The first-order chi connectivity index (χ1) is 8.77. The summed E-state index contributed by atoms with van der Waals surface area (Å²) in [6.45, 7) is 8.04. The third-order valence-corrected chi connectivity index (χ3v) is 2.40. The van der Waals surface area contributed by atoms with Crippen LogP contribution in [0.5, 0.6) is 0 Å². The van der Waals surface area contributed by atoms with Crippen LogP contribution < -0.4 is 11.1 Å². The molecule has 0 bridgehead atoms. The van der Waals surface area contributed by atoms with Gasteiger partial charge in [0, 0.05) is 19.5 Å². The third kappa shape index (κ3) is 7.07. The topological polar surface area (TPSA) is 113 Å². The van der Waals surface area contributed by atoms with Crippen molar-refractivity contribution in [1.29, 1.82) is 0 Å². The molecule has 0 aliphatic carbocycles. The van der Waals surface area contributed by atoms with Crippen LogP contribution in [-0.4, -0.2) is 47.0 Å². The number of carbonyl (C=O) groups excluding carboxylic acids is 2. The van der Waals surface area contributed by atoms with Gasteiger partial charge < -0.3 is 21.1 Å². The summed E-state index contributed by atoms with van der Waals surface area (Å²) in [5, 5.41) is 11.3. The van der Waals surface area contributed by atoms with Gasteiger partial charge >= 0.3 is 12.0 Å². The normalized spacial score (nSPS) is 11.5. The minimum Gasteiger partial charge on any atom is -0.480 e. The van der Waals surface area contributed by atoms with Crippen molar-refractivity contribution in [3.05, 3.63) is 12.2 Å². The Labute approximate surface area is 112 Å². The van der Waals surface area contributed by atoms with E-state index >= 15 is 0 Å². The van der Waals surface area contributed by atoms with Crippen LogP contribution >= 0.6 is 0 Å². The molecule has 0 aromatic rings. The van der Waals surface area contributed by atoms with Gasteiger partial charge in [0.25, 0.3) is 0 Å². The average Bonchev–Trinajstić information content (AvgIpc) is 2.30. The molecule has 7 nitrogen and oxygen atoms in total. The number of nitrogens with one attached hydrogen (secondary N) is 1. The van der Waals surface area contributed by atoms with Gasteiger partial charge in [-0.2, -0.15) is 0 Å². The summed E-state index contributed by atoms with van der Waals surface area (Å²) in [4.78, 5) is 34.9. The maximum Gasteiger partial charge on any atom is 0.326 e. The number of nitrogens with two attached hydrogens (primary N) is 1. The smallest absolute Gasteiger partial charge is 0.326 e. The zero-order chi connectivity index (χ0) is 15.0. The fourth-order valence-corrected chi connectivity index (χ4v) is 1.44. The Kier molecular flexibility index (Phi) is 7.25. The number of rotatable bonds is 8. The van der Waals surface area contributed by atoms with Crippen LogP contribution in [0.1, 0.15) is 26.7 Å². The molecular formula is C12H21N3O4. The van der Waals surface area contributed by atoms with Gasteiger partial charge in [-0.15, -0.1) is 0 Å². The lowest BCUT2D eigenvalue weighted by atomic mass is 10.1. The second-order valence-corrected chi connectivity index (χ2v) is 4.32. The Morgan fingerprint density at radius 1 is 1.42 bits per heavy atom. The van der Waals surface area contributed by atoms with E-state index in [1.165, 1.54) is 4.90 Å². The van der Waals surface area contributed by atoms with Crippen LogP contribution in [0.2, 0.25) is 0 Å². The molecule has 0 saturated carbocycles. The molecule has 4 N–H and O–H groups in total. The van der Waals surface area contributed by atoms with Crippen LogP contribution in [0.15, 0.2) is 12.2 Å². The van der Waals surface area contributed by atoms with E-state index in [0.29, 0.717) is 13.1 Å². The predicted molar refractivity (Wildman–Crippen MR) is 70.4 cm³/mol. The minimum atomic E-state index is -1.19. The number of carboxylic acid groups (broad SMARTS) is 1. The molecule has 0 fully saturated rings. The van der Waals surface area contributed by atoms with Gasteiger partial charge in [0.05, 0.1) is 0 Å². The molecule has 3 amide bonds. The number of urea groups is 1. The summed E-state index contributed by atoms with van der Waals surface area (Å²) < 4.78 is 0. The van der Waals surface area contributed by atoms with Gasteiger partial charge in [-0.25, -0.2) is 9.59 Å². The molecule has 0 spiro atoms. The molecule has 0 heterocycles. The standard InChI is InChI=1S/C12H21N3O4/c1-4-15(7-8(2)3)12(19)14-9(11(17)18)5-6-10(13)16/h9H,2,4-7H2,1,3H3,(H2,13,16)(H,14,19)(H,17,18)/t9-/m1/s1. The maximum absolute atomic E-state index is 11.9. The van der Waals surface area contributed by atoms with Crippen LogP contribution in [0, 0.1) is 0 Å². The number of primary amides is 1. The van der Waals surface area contributed by atoms with E-state index in [0.717, 1.165) is 5.57 Å². The number of likely N-dealkylation sites (N-methyl/N-ethyl adjacent to an activating group) is 1. The first-order valence-electron chi connectivity index (χ1n) is 5.98. The molecule has 1 atom stereocenters. The van der Waals surface area contributed by atoms with Crippen molar-refractivity contribution in [3.63, 3.8) is 0 Å². The average molecular weight is 271 g/mol. The van der Waals surface area contributed by atoms with Gasteiger partial charge in [-0.05, 0) is 20.3 Å². The first kappa shape index (κ1) is 16.9. The van der Waals surface area contributed by atoms with E-state index in [1.54, 1.807) is 13.8 Å². The largest absolute Gasteiger partial charge is 0.480 e. The fourth-order valence-electron chi connectivity index (χ4n) is 1.44. The highest BCUT2D eigenvalue weighted by atomic mass is 16.4. The molecule has 19 heavy (non-hydrogen) atoms. The number of aliphatic carboxylic acids is 1. The Hall–Kier alpha value is -2.05. The Morgan fingerprint density at radius 3 is 2.37 bits per heavy atom. The van der Waals surface area contributed by atoms with E-state index < -0.39 is 23.9 Å². The van der Waals surface area contributed by atoms with Gasteiger partial charge in [-0.1, -0.05) is 12.2 Å². The molecule has 0 radical (unpaired) electrons. The van der Waals surface area contributed by atoms with Crippen molar-refractivity contribution < 1.29 is 19.5 Å². The fraction of sp³-hybridized carbons (Fsp3) is 0.583.